The number of sulfone groups is 1. The van der Waals surface area contributed by atoms with Gasteiger partial charge >= 0.3 is 0 Å². The fourth-order valence-corrected chi connectivity index (χ4v) is 5.87. The highest BCUT2D eigenvalue weighted by Gasteiger charge is 2.46. The molecule has 174 valence electrons. The van der Waals surface area contributed by atoms with E-state index in [1.54, 1.807) is 42.5 Å². The van der Waals surface area contributed by atoms with Crippen LogP contribution in [-0.2, 0) is 21.2 Å². The van der Waals surface area contributed by atoms with E-state index in [1.165, 1.54) is 17.0 Å². The smallest absolute Gasteiger partial charge is 0.290 e. The van der Waals surface area contributed by atoms with Crippen molar-refractivity contribution >= 4 is 15.7 Å². The molecule has 1 amide bonds. The minimum Gasteiger partial charge on any atom is -0.502 e. The zero-order valence-corrected chi connectivity index (χ0v) is 19.5. The van der Waals surface area contributed by atoms with Crippen LogP contribution in [0.25, 0.3) is 0 Å². The Hall–Kier alpha value is -3.78. The molecule has 3 aromatic rings. The molecule has 0 bridgehead atoms. The fourth-order valence-electron chi connectivity index (χ4n) is 4.23. The topological polar surface area (TPSA) is 93.1 Å². The van der Waals surface area contributed by atoms with Gasteiger partial charge in [0.15, 0.2) is 17.3 Å². The number of rotatable bonds is 5. The highest BCUT2D eigenvalue weighted by molar-refractivity contribution is 7.95. The number of ether oxygens (including phenoxy) is 2. The highest BCUT2D eigenvalue weighted by atomic mass is 32.2. The molecule has 3 aromatic carbocycles. The molecule has 2 aliphatic heterocycles. The highest BCUT2D eigenvalue weighted by Crippen LogP contribution is 2.44. The van der Waals surface area contributed by atoms with Crippen molar-refractivity contribution in [1.29, 1.82) is 0 Å². The molecule has 0 fully saturated rings. The first kappa shape index (κ1) is 22.0. The third kappa shape index (κ3) is 3.70. The molecule has 0 saturated heterocycles. The van der Waals surface area contributed by atoms with Crippen LogP contribution in [0.3, 0.4) is 0 Å². The SMILES string of the molecule is Cc1ccc([C@H]2C(S(=O)(=O)c3ccc(C)cc3)=C(O)C(=O)N2Cc2ccc3c(c2)OCO3)cc1. The molecule has 7 nitrogen and oxygen atoms in total. The van der Waals surface area contributed by atoms with Crippen molar-refractivity contribution in [2.24, 2.45) is 0 Å². The van der Waals surface area contributed by atoms with Gasteiger partial charge in [-0.1, -0.05) is 53.6 Å². The predicted octanol–water partition coefficient (Wildman–Crippen LogP) is 4.36. The molecule has 0 saturated carbocycles. The van der Waals surface area contributed by atoms with Crippen LogP contribution in [0.5, 0.6) is 11.5 Å². The van der Waals surface area contributed by atoms with Crippen molar-refractivity contribution < 1.29 is 27.8 Å². The Morgan fingerprint density at radius 2 is 1.53 bits per heavy atom. The average molecular weight is 478 g/mol. The maximum absolute atomic E-state index is 13.7. The second-order valence-electron chi connectivity index (χ2n) is 8.46. The molecule has 2 aliphatic rings. The van der Waals surface area contributed by atoms with Gasteiger partial charge < -0.3 is 19.5 Å². The van der Waals surface area contributed by atoms with Crippen LogP contribution < -0.4 is 9.47 Å². The molecule has 0 radical (unpaired) electrons. The summed E-state index contributed by atoms with van der Waals surface area (Å²) in [5.41, 5.74) is 3.21. The number of nitrogens with zero attached hydrogens (tertiary/aromatic N) is 1. The normalized spacial score (nSPS) is 17.5. The maximum Gasteiger partial charge on any atom is 0.290 e. The van der Waals surface area contributed by atoms with Crippen molar-refractivity contribution in [3.8, 4) is 11.5 Å². The summed E-state index contributed by atoms with van der Waals surface area (Å²) >= 11 is 0. The van der Waals surface area contributed by atoms with E-state index in [4.69, 9.17) is 9.47 Å². The molecule has 0 aromatic heterocycles. The van der Waals surface area contributed by atoms with Crippen LogP contribution in [0.4, 0.5) is 0 Å². The Labute approximate surface area is 197 Å². The number of hydrogen-bond acceptors (Lipinski definition) is 6. The lowest BCUT2D eigenvalue weighted by Crippen LogP contribution is -2.30. The van der Waals surface area contributed by atoms with Crippen LogP contribution in [0.2, 0.25) is 0 Å². The van der Waals surface area contributed by atoms with Gasteiger partial charge in [0.1, 0.15) is 4.91 Å². The molecule has 8 heteroatoms. The molecule has 0 aliphatic carbocycles. The average Bonchev–Trinajstić information content (AvgIpc) is 3.38. The van der Waals surface area contributed by atoms with Crippen molar-refractivity contribution in [3.05, 3.63) is 99.6 Å². The van der Waals surface area contributed by atoms with Gasteiger partial charge in [-0.05, 0) is 49.2 Å². The lowest BCUT2D eigenvalue weighted by atomic mass is 10.0. The Bertz CT molecular complexity index is 1410. The van der Waals surface area contributed by atoms with Gasteiger partial charge in [0.05, 0.1) is 10.9 Å². The van der Waals surface area contributed by atoms with Gasteiger partial charge in [-0.2, -0.15) is 0 Å². The van der Waals surface area contributed by atoms with Crippen molar-refractivity contribution in [3.63, 3.8) is 0 Å². The predicted molar refractivity (Wildman–Crippen MR) is 125 cm³/mol. The molecule has 2 heterocycles. The van der Waals surface area contributed by atoms with E-state index in [0.29, 0.717) is 17.1 Å². The summed E-state index contributed by atoms with van der Waals surface area (Å²) in [5.74, 6) is -0.336. The Morgan fingerprint density at radius 3 is 2.21 bits per heavy atom. The van der Waals surface area contributed by atoms with Gasteiger partial charge in [-0.25, -0.2) is 8.42 Å². The largest absolute Gasteiger partial charge is 0.502 e. The standard InChI is InChI=1S/C26H23NO6S/c1-16-3-8-19(9-4-16)23-25(34(30,31)20-10-5-17(2)6-11-20)24(28)26(29)27(23)14-18-7-12-21-22(13-18)33-15-32-21/h3-13,23,28H,14-15H2,1-2H3/t23-/m0/s1. The summed E-state index contributed by atoms with van der Waals surface area (Å²) < 4.78 is 38.1. The number of carbonyl (C=O) groups is 1. The first-order valence-corrected chi connectivity index (χ1v) is 12.2. The number of carbonyl (C=O) groups excluding carboxylic acids is 1. The van der Waals surface area contributed by atoms with Crippen LogP contribution in [-0.4, -0.2) is 31.1 Å². The summed E-state index contributed by atoms with van der Waals surface area (Å²) in [5, 5.41) is 10.9. The van der Waals surface area contributed by atoms with Gasteiger partial charge in [-0.15, -0.1) is 0 Å². The second kappa shape index (κ2) is 8.22. The number of fused-ring (bicyclic) bond motifs is 1. The molecule has 1 atom stereocenters. The summed E-state index contributed by atoms with van der Waals surface area (Å²) in [4.78, 5) is 14.3. The minimum atomic E-state index is -4.16. The summed E-state index contributed by atoms with van der Waals surface area (Å²) in [6, 6.07) is 17.9. The number of amides is 1. The first-order valence-electron chi connectivity index (χ1n) is 10.8. The minimum absolute atomic E-state index is 0.0227. The molecule has 5 rings (SSSR count). The quantitative estimate of drug-likeness (QED) is 0.587. The fraction of sp³-hybridized carbons (Fsp3) is 0.192. The molecule has 1 N–H and O–H groups in total. The second-order valence-corrected chi connectivity index (χ2v) is 10.4. The van der Waals surface area contributed by atoms with Crippen LogP contribution in [0.1, 0.15) is 28.3 Å². The Balaban J connectivity index is 1.60. The molecule has 34 heavy (non-hydrogen) atoms. The molecule has 0 spiro atoms. The van der Waals surface area contributed by atoms with Crippen LogP contribution in [0.15, 0.2) is 82.3 Å². The number of benzene rings is 3. The van der Waals surface area contributed by atoms with E-state index in [1.807, 2.05) is 26.0 Å². The zero-order chi connectivity index (χ0) is 24.0. The third-order valence-electron chi connectivity index (χ3n) is 6.06. The Morgan fingerprint density at radius 1 is 0.912 bits per heavy atom. The van der Waals surface area contributed by atoms with Crippen LogP contribution >= 0.6 is 0 Å². The van der Waals surface area contributed by atoms with E-state index < -0.39 is 27.5 Å². The van der Waals surface area contributed by atoms with Crippen molar-refractivity contribution in [1.82, 2.24) is 4.90 Å². The van der Waals surface area contributed by atoms with Crippen LogP contribution in [0, 0.1) is 13.8 Å². The summed E-state index contributed by atoms with van der Waals surface area (Å²) in [6.07, 6.45) is 0. The number of aryl methyl sites for hydroxylation is 2. The van der Waals surface area contributed by atoms with Gasteiger partial charge in [-0.3, -0.25) is 4.79 Å². The Kier molecular flexibility index (Phi) is 5.32. The van der Waals surface area contributed by atoms with E-state index in [-0.39, 0.29) is 23.1 Å². The van der Waals surface area contributed by atoms with Crippen molar-refractivity contribution in [2.75, 3.05) is 6.79 Å². The van der Waals surface area contributed by atoms with Crippen molar-refractivity contribution in [2.45, 2.75) is 31.3 Å². The summed E-state index contributed by atoms with van der Waals surface area (Å²) in [7, 11) is -4.16. The number of aliphatic hydroxyl groups is 1. The maximum atomic E-state index is 13.7. The lowest BCUT2D eigenvalue weighted by molar-refractivity contribution is -0.130. The van der Waals surface area contributed by atoms with E-state index in [9.17, 15) is 18.3 Å². The molecule has 0 unspecified atom stereocenters. The molecular formula is C26H23NO6S. The zero-order valence-electron chi connectivity index (χ0n) is 18.7. The lowest BCUT2D eigenvalue weighted by Gasteiger charge is -2.27. The van der Waals surface area contributed by atoms with E-state index in [0.717, 1.165) is 16.7 Å². The monoisotopic (exact) mass is 477 g/mol. The van der Waals surface area contributed by atoms with E-state index >= 15 is 0 Å². The van der Waals surface area contributed by atoms with Gasteiger partial charge in [0.2, 0.25) is 16.6 Å². The number of hydrogen-bond donors (Lipinski definition) is 1. The first-order chi connectivity index (χ1) is 16.3. The van der Waals surface area contributed by atoms with Gasteiger partial charge in [0, 0.05) is 6.54 Å². The summed E-state index contributed by atoms with van der Waals surface area (Å²) in [6.45, 7) is 3.97. The third-order valence-corrected chi connectivity index (χ3v) is 7.95. The molecular weight excluding hydrogens is 454 g/mol. The number of aliphatic hydroxyl groups excluding tert-OH is 1. The van der Waals surface area contributed by atoms with E-state index in [2.05, 4.69) is 0 Å². The van der Waals surface area contributed by atoms with Gasteiger partial charge in [0.25, 0.3) is 5.91 Å².